The molecule has 2 aromatic rings. The van der Waals surface area contributed by atoms with Crippen molar-refractivity contribution < 1.29 is 23.8 Å². The van der Waals surface area contributed by atoms with Crippen LogP contribution in [-0.2, 0) is 16.0 Å². The molecule has 0 fully saturated rings. The lowest BCUT2D eigenvalue weighted by atomic mass is 10.2. The average molecular weight is 352 g/mol. The molecule has 1 amide bonds. The van der Waals surface area contributed by atoms with Gasteiger partial charge in [0.2, 0.25) is 5.91 Å². The lowest BCUT2D eigenvalue weighted by Gasteiger charge is -2.09. The van der Waals surface area contributed by atoms with Gasteiger partial charge in [-0.15, -0.1) is 11.3 Å². The number of benzene rings is 1. The minimum absolute atomic E-state index is 0.0999. The Labute approximate surface area is 142 Å². The lowest BCUT2D eigenvalue weighted by Crippen LogP contribution is -2.43. The monoisotopic (exact) mass is 352 g/mol. The number of hydrogen-bond donors (Lipinski definition) is 2. The summed E-state index contributed by atoms with van der Waals surface area (Å²) in [4.78, 5) is 26.8. The van der Waals surface area contributed by atoms with Gasteiger partial charge in [-0.05, 0) is 31.2 Å². The van der Waals surface area contributed by atoms with E-state index in [0.29, 0.717) is 12.3 Å². The van der Waals surface area contributed by atoms with E-state index in [-0.39, 0.29) is 6.42 Å². The van der Waals surface area contributed by atoms with E-state index in [4.69, 9.17) is 9.84 Å². The van der Waals surface area contributed by atoms with Gasteiger partial charge in [0.25, 0.3) is 0 Å². The molecule has 1 aromatic carbocycles. The zero-order valence-electron chi connectivity index (χ0n) is 13.0. The number of aliphatic carboxylic acids is 1. The number of carboxylic acid groups (broad SMARTS) is 1. The summed E-state index contributed by atoms with van der Waals surface area (Å²) in [7, 11) is 0. The summed E-state index contributed by atoms with van der Waals surface area (Å²) in [5, 5.41) is 13.3. The van der Waals surface area contributed by atoms with Crippen LogP contribution in [-0.4, -0.2) is 41.3 Å². The summed E-state index contributed by atoms with van der Waals surface area (Å²) in [6.45, 7) is 1.34. The van der Waals surface area contributed by atoms with Crippen LogP contribution >= 0.6 is 11.3 Å². The molecular formula is C16H17FN2O4S. The third-order valence-corrected chi connectivity index (χ3v) is 4.03. The van der Waals surface area contributed by atoms with Gasteiger partial charge < -0.3 is 15.2 Å². The first-order chi connectivity index (χ1) is 11.5. The van der Waals surface area contributed by atoms with Gasteiger partial charge in [0.1, 0.15) is 17.4 Å². The Morgan fingerprint density at radius 1 is 1.38 bits per heavy atom. The third kappa shape index (κ3) is 4.76. The Morgan fingerprint density at radius 2 is 2.08 bits per heavy atom. The SMILES string of the molecule is CCOc1ccc(-c2nc(CC(=O)NC(CF)C(=O)O)cs2)cc1. The van der Waals surface area contributed by atoms with Gasteiger partial charge in [-0.1, -0.05) is 0 Å². The summed E-state index contributed by atoms with van der Waals surface area (Å²) in [5.74, 6) is -1.22. The largest absolute Gasteiger partial charge is 0.494 e. The van der Waals surface area contributed by atoms with Gasteiger partial charge >= 0.3 is 5.97 Å². The van der Waals surface area contributed by atoms with Crippen LogP contribution in [0.15, 0.2) is 29.6 Å². The van der Waals surface area contributed by atoms with Gasteiger partial charge in [0, 0.05) is 10.9 Å². The first kappa shape index (κ1) is 17.9. The summed E-state index contributed by atoms with van der Waals surface area (Å²) in [6.07, 6.45) is -0.0999. The predicted molar refractivity (Wildman–Crippen MR) is 88.0 cm³/mol. The number of carboxylic acids is 1. The number of alkyl halides is 1. The molecule has 24 heavy (non-hydrogen) atoms. The second-order valence-corrected chi connectivity index (χ2v) is 5.75. The summed E-state index contributed by atoms with van der Waals surface area (Å²) in [5.41, 5.74) is 1.40. The van der Waals surface area contributed by atoms with Crippen LogP contribution in [0, 0.1) is 0 Å². The molecule has 2 N–H and O–H groups in total. The van der Waals surface area contributed by atoms with E-state index in [9.17, 15) is 14.0 Å². The molecule has 2 rings (SSSR count). The Kier molecular flexibility index (Phi) is 6.25. The highest BCUT2D eigenvalue weighted by Gasteiger charge is 2.20. The molecule has 0 radical (unpaired) electrons. The van der Waals surface area contributed by atoms with E-state index in [1.165, 1.54) is 11.3 Å². The number of nitrogens with zero attached hydrogens (tertiary/aromatic N) is 1. The third-order valence-electron chi connectivity index (χ3n) is 3.09. The predicted octanol–water partition coefficient (Wildman–Crippen LogP) is 2.29. The van der Waals surface area contributed by atoms with Crippen molar-refractivity contribution in [3.63, 3.8) is 0 Å². The fourth-order valence-corrected chi connectivity index (χ4v) is 2.78. The van der Waals surface area contributed by atoms with Crippen molar-refractivity contribution in [3.8, 4) is 16.3 Å². The highest BCUT2D eigenvalue weighted by atomic mass is 32.1. The number of carbonyl (C=O) groups is 2. The van der Waals surface area contributed by atoms with Crippen LogP contribution in [0.5, 0.6) is 5.75 Å². The molecule has 1 aromatic heterocycles. The molecule has 0 bridgehead atoms. The topological polar surface area (TPSA) is 88.5 Å². The van der Waals surface area contributed by atoms with Crippen LogP contribution in [0.3, 0.4) is 0 Å². The molecule has 1 heterocycles. The van der Waals surface area contributed by atoms with E-state index in [0.717, 1.165) is 16.3 Å². The summed E-state index contributed by atoms with van der Waals surface area (Å²) in [6, 6.07) is 5.90. The second kappa shape index (κ2) is 8.39. The van der Waals surface area contributed by atoms with Crippen molar-refractivity contribution in [3.05, 3.63) is 35.3 Å². The van der Waals surface area contributed by atoms with Crippen molar-refractivity contribution in [2.75, 3.05) is 13.3 Å². The van der Waals surface area contributed by atoms with Crippen LogP contribution in [0.2, 0.25) is 0 Å². The Balaban J connectivity index is 1.99. The molecular weight excluding hydrogens is 335 g/mol. The number of carbonyl (C=O) groups excluding carboxylic acids is 1. The maximum Gasteiger partial charge on any atom is 0.328 e. The smallest absolute Gasteiger partial charge is 0.328 e. The normalized spacial score (nSPS) is 11.8. The van der Waals surface area contributed by atoms with E-state index < -0.39 is 24.6 Å². The summed E-state index contributed by atoms with van der Waals surface area (Å²) < 4.78 is 17.9. The number of amides is 1. The van der Waals surface area contributed by atoms with E-state index in [1.54, 1.807) is 5.38 Å². The Hall–Kier alpha value is -2.48. The highest BCUT2D eigenvalue weighted by molar-refractivity contribution is 7.13. The van der Waals surface area contributed by atoms with Crippen molar-refractivity contribution in [1.82, 2.24) is 10.3 Å². The van der Waals surface area contributed by atoms with Crippen LogP contribution in [0.1, 0.15) is 12.6 Å². The minimum Gasteiger partial charge on any atom is -0.494 e. The van der Waals surface area contributed by atoms with Crippen molar-refractivity contribution in [2.45, 2.75) is 19.4 Å². The average Bonchev–Trinajstić information content (AvgIpc) is 3.01. The van der Waals surface area contributed by atoms with Gasteiger partial charge in [-0.2, -0.15) is 0 Å². The highest BCUT2D eigenvalue weighted by Crippen LogP contribution is 2.26. The maximum absolute atomic E-state index is 12.5. The maximum atomic E-state index is 12.5. The number of halogens is 1. The number of rotatable bonds is 8. The molecule has 6 nitrogen and oxygen atoms in total. The first-order valence-corrected chi connectivity index (χ1v) is 8.17. The molecule has 1 unspecified atom stereocenters. The number of thiazole rings is 1. The number of hydrogen-bond acceptors (Lipinski definition) is 5. The van der Waals surface area contributed by atoms with E-state index >= 15 is 0 Å². The second-order valence-electron chi connectivity index (χ2n) is 4.89. The molecule has 0 saturated carbocycles. The van der Waals surface area contributed by atoms with Gasteiger partial charge in [0.05, 0.1) is 18.7 Å². The lowest BCUT2D eigenvalue weighted by molar-refractivity contribution is -0.142. The van der Waals surface area contributed by atoms with Gasteiger partial charge in [0.15, 0.2) is 6.04 Å². The zero-order chi connectivity index (χ0) is 17.5. The van der Waals surface area contributed by atoms with Gasteiger partial charge in [-0.3, -0.25) is 4.79 Å². The van der Waals surface area contributed by atoms with Crippen LogP contribution in [0.4, 0.5) is 4.39 Å². The number of aromatic nitrogens is 1. The van der Waals surface area contributed by atoms with E-state index in [1.807, 2.05) is 31.2 Å². The summed E-state index contributed by atoms with van der Waals surface area (Å²) >= 11 is 1.37. The molecule has 0 aliphatic carbocycles. The molecule has 0 aliphatic heterocycles. The molecule has 0 aliphatic rings. The van der Waals surface area contributed by atoms with E-state index in [2.05, 4.69) is 10.3 Å². The molecule has 1 atom stereocenters. The molecule has 8 heteroatoms. The van der Waals surface area contributed by atoms with Gasteiger partial charge in [-0.25, -0.2) is 14.2 Å². The fraction of sp³-hybridized carbons (Fsp3) is 0.312. The molecule has 0 spiro atoms. The molecule has 0 saturated heterocycles. The standard InChI is InChI=1S/C16H17FN2O4S/c1-2-23-12-5-3-10(4-6-12)15-18-11(9-24-15)7-14(20)19-13(8-17)16(21)22/h3-6,9,13H,2,7-8H2,1H3,(H,19,20)(H,21,22). The zero-order valence-corrected chi connectivity index (χ0v) is 13.8. The van der Waals surface area contributed by atoms with Crippen molar-refractivity contribution in [2.24, 2.45) is 0 Å². The Bertz CT molecular complexity index is 702. The minimum atomic E-state index is -1.53. The van der Waals surface area contributed by atoms with Crippen LogP contribution < -0.4 is 10.1 Å². The van der Waals surface area contributed by atoms with Crippen molar-refractivity contribution in [1.29, 1.82) is 0 Å². The molecule has 128 valence electrons. The van der Waals surface area contributed by atoms with Crippen molar-refractivity contribution >= 4 is 23.2 Å². The first-order valence-electron chi connectivity index (χ1n) is 7.29. The van der Waals surface area contributed by atoms with Crippen LogP contribution in [0.25, 0.3) is 10.6 Å². The number of ether oxygens (including phenoxy) is 1. The quantitative estimate of drug-likeness (QED) is 0.761. The number of nitrogens with one attached hydrogen (secondary N) is 1. The Morgan fingerprint density at radius 3 is 2.67 bits per heavy atom. The fourth-order valence-electron chi connectivity index (χ4n) is 1.96.